The van der Waals surface area contributed by atoms with Crippen molar-refractivity contribution < 1.29 is 118 Å². The summed E-state index contributed by atoms with van der Waals surface area (Å²) in [5.41, 5.74) is 16.6. The van der Waals surface area contributed by atoms with E-state index in [0.717, 1.165) is 120 Å². The fraction of sp³-hybridized carbons (Fsp3) is 0.118. The van der Waals surface area contributed by atoms with Crippen LogP contribution in [0.4, 0.5) is 0 Å². The number of hydrogen-bond donors (Lipinski definition) is 0. The Morgan fingerprint density at radius 1 is 0.518 bits per heavy atom. The van der Waals surface area contributed by atoms with Gasteiger partial charge in [0, 0.05) is 67.2 Å². The minimum atomic E-state index is -1.08. The Labute approximate surface area is 546 Å². The average molecular weight is 1470 g/mol. The molecule has 8 heterocycles. The molecule has 0 saturated carbocycles. The van der Waals surface area contributed by atoms with E-state index in [1.807, 2.05) is 65.5 Å². The normalized spacial score (nSPS) is 14.7. The van der Waals surface area contributed by atoms with Crippen molar-refractivity contribution in [3.8, 4) is 5.75 Å². The summed E-state index contributed by atoms with van der Waals surface area (Å²) in [6.07, 6.45) is 29.9. The van der Waals surface area contributed by atoms with Crippen molar-refractivity contribution in [1.82, 2.24) is 9.88 Å². The maximum atomic E-state index is 8.89. The number of aryl methyl sites for hydroxylation is 2. The number of ether oxygens (including phenoxy) is 2. The number of halogens is 3. The molecule has 416 valence electrons. The van der Waals surface area contributed by atoms with E-state index >= 15 is 0 Å². The van der Waals surface area contributed by atoms with Gasteiger partial charge in [-0.15, -0.1) is 11.4 Å². The van der Waals surface area contributed by atoms with Crippen LogP contribution in [0.5, 0.6) is 5.75 Å². The minimum absolute atomic E-state index is 0. The molecule has 12 rings (SSSR count). The van der Waals surface area contributed by atoms with Crippen LogP contribution in [0.2, 0.25) is 0 Å². The van der Waals surface area contributed by atoms with Crippen LogP contribution in [-0.4, -0.2) is 48.3 Å². The zero-order chi connectivity index (χ0) is 54.3. The van der Waals surface area contributed by atoms with Gasteiger partial charge in [-0.2, -0.15) is 0 Å². The molecule has 0 spiro atoms. The Kier molecular flexibility index (Phi) is 22.1. The number of nitrogens with zero attached hydrogens (tertiary/aromatic N) is 7. The summed E-state index contributed by atoms with van der Waals surface area (Å²) in [5.74, 6) is -0.322. The molecule has 0 atom stereocenters. The predicted molar refractivity (Wildman–Crippen MR) is 309 cm³/mol. The van der Waals surface area contributed by atoms with E-state index in [0.29, 0.717) is 19.6 Å². The molecule has 0 aliphatic carbocycles. The Morgan fingerprint density at radius 2 is 0.904 bits per heavy atom. The molecule has 5 aliphatic heterocycles. The van der Waals surface area contributed by atoms with E-state index in [9.17, 15) is 0 Å². The third-order valence-corrected chi connectivity index (χ3v) is 14.0. The van der Waals surface area contributed by atoms with Gasteiger partial charge < -0.3 is 101 Å². The van der Waals surface area contributed by atoms with E-state index in [4.69, 9.17) is 39.3 Å². The minimum Gasteiger partial charge on any atom is -1.00 e. The monoisotopic (exact) mass is 1470 g/mol. The van der Waals surface area contributed by atoms with Gasteiger partial charge in [0.2, 0.25) is 0 Å². The van der Waals surface area contributed by atoms with E-state index < -0.39 is 11.6 Å². The molecule has 7 aromatic rings. The molecule has 0 amide bonds. The molecule has 15 heteroatoms. The summed E-state index contributed by atoms with van der Waals surface area (Å²) in [7, 11) is 6.07. The molecule has 0 saturated heterocycles. The van der Waals surface area contributed by atoms with Gasteiger partial charge in [0.15, 0.2) is 24.8 Å². The van der Waals surface area contributed by atoms with E-state index in [1.165, 1.54) is 0 Å². The topological polar surface area (TPSA) is 121 Å². The standard InChI is InChI=1S/C66H54N7O2.C2H4O2.3HI.Mn/c1-71-38-32-47(33-39-71)63-56-26-24-54(67-56)62(46-20-22-53(23-21-46)74-44-13-45-75-66(50-14-7-4-8-15-50,51-16-9-5-10-17-51)52-18-11-6-12-19-52)55-25-27-57(68-55)64(48-34-40-72(2)41-35-48)59-29-31-61(70-59)65(60-30-28-58(63)69-60)49-36-42-73(3)43-37-49;1-2(3)4;;;;/h4-12,14-43H,13,44-45H2,1-3H3;1H3,(H,3,4);3*1H;/q+1;;;;;+3/p-4. The van der Waals surface area contributed by atoms with Crippen molar-refractivity contribution in [2.45, 2.75) is 18.9 Å². The Bertz CT molecular complexity index is 3740. The van der Waals surface area contributed by atoms with Crippen LogP contribution in [0.15, 0.2) is 281 Å². The molecule has 4 aromatic carbocycles. The number of aliphatic imine (C=N–C) groups is 3. The number of allylic oxidation sites excluding steroid dienone is 11. The first kappa shape index (κ1) is 63.5. The molecule has 0 N–H and O–H groups in total. The van der Waals surface area contributed by atoms with Gasteiger partial charge in [-0.25, -0.2) is 24.1 Å². The fourth-order valence-electron chi connectivity index (χ4n) is 10.2. The van der Waals surface area contributed by atoms with Gasteiger partial charge in [-0.1, -0.05) is 115 Å². The third kappa shape index (κ3) is 14.1. The van der Waals surface area contributed by atoms with Gasteiger partial charge in [0.25, 0.3) is 0 Å². The molecule has 11 nitrogen and oxygen atoms in total. The SMILES string of the molecule is CC(=O)[O-].CN1C=CC(=C2C3=NC(=C(c4ccc(OCCCOC(c5ccccc5)(c5ccccc5)c5ccccc5)cc4)C4=NC(=C(c5cc[n+](C)cc5)c5ccc([n-]5)C(c5cc[n+](C)cc5)=C5C=CC2=N5)C=C4)C=C3)C=C1.[I-].[I-].[I-].[Mn+3]. The van der Waals surface area contributed by atoms with Crippen LogP contribution in [-0.2, 0) is 46.3 Å². The zero-order valence-corrected chi connectivity index (χ0v) is 53.6. The van der Waals surface area contributed by atoms with Crippen molar-refractivity contribution in [2.24, 2.45) is 29.1 Å². The summed E-state index contributed by atoms with van der Waals surface area (Å²) in [6, 6.07) is 52.4. The molecule has 0 unspecified atom stereocenters. The number of carboxylic acid groups (broad SMARTS) is 1. The van der Waals surface area contributed by atoms with Gasteiger partial charge in [-0.3, -0.25) is 0 Å². The van der Waals surface area contributed by atoms with Crippen LogP contribution in [0, 0.1) is 0 Å². The quantitative estimate of drug-likeness (QED) is 0.0595. The number of carbonyl (C=O) groups is 1. The zero-order valence-electron chi connectivity index (χ0n) is 45.9. The Balaban J connectivity index is 0.00000120. The third-order valence-electron chi connectivity index (χ3n) is 14.0. The van der Waals surface area contributed by atoms with Crippen molar-refractivity contribution in [2.75, 3.05) is 20.3 Å². The summed E-state index contributed by atoms with van der Waals surface area (Å²) in [4.78, 5) is 32.7. The second-order valence-electron chi connectivity index (χ2n) is 19.5. The van der Waals surface area contributed by atoms with Gasteiger partial charge in [-0.05, 0) is 118 Å². The molecule has 83 heavy (non-hydrogen) atoms. The number of carboxylic acids is 1. The molecule has 0 radical (unpaired) electrons. The molecular weight excluding hydrogens is 1410 g/mol. The molecule has 0 fully saturated rings. The number of aromatic nitrogens is 3. The number of carbonyl (C=O) groups excluding carboxylic acids is 1. The van der Waals surface area contributed by atoms with Crippen molar-refractivity contribution in [3.05, 3.63) is 310 Å². The summed E-state index contributed by atoms with van der Waals surface area (Å²) >= 11 is 0. The number of fused-ring (bicyclic) bond motifs is 5. The summed E-state index contributed by atoms with van der Waals surface area (Å²) in [6.45, 7) is 1.91. The van der Waals surface area contributed by atoms with E-state index in [2.05, 4.69) is 207 Å². The van der Waals surface area contributed by atoms with Crippen LogP contribution in [0.3, 0.4) is 0 Å². The Morgan fingerprint density at radius 3 is 1.33 bits per heavy atom. The predicted octanol–water partition coefficient (Wildman–Crippen LogP) is 1.08. The molecule has 8 bridgehead atoms. The van der Waals surface area contributed by atoms with Crippen LogP contribution in [0.1, 0.15) is 58.1 Å². The first-order valence-electron chi connectivity index (χ1n) is 26.3. The number of rotatable bonds is 12. The maximum absolute atomic E-state index is 8.89. The van der Waals surface area contributed by atoms with Crippen molar-refractivity contribution in [3.63, 3.8) is 0 Å². The number of hydrogen-bond acceptors (Lipinski definition) is 8. The van der Waals surface area contributed by atoms with Gasteiger partial charge >= 0.3 is 17.1 Å². The van der Waals surface area contributed by atoms with Crippen LogP contribution in [0.25, 0.3) is 16.7 Å². The second-order valence-corrected chi connectivity index (χ2v) is 19.5. The number of benzene rings is 4. The Hall–Kier alpha value is -7.13. The number of pyridine rings is 2. The van der Waals surface area contributed by atoms with Crippen LogP contribution < -0.4 is 95.9 Å². The number of aliphatic carboxylic acids is 1. The maximum Gasteiger partial charge on any atom is 3.00 e. The van der Waals surface area contributed by atoms with E-state index in [-0.39, 0.29) is 89.0 Å². The second kappa shape index (κ2) is 28.9. The molecule has 5 aliphatic rings. The van der Waals surface area contributed by atoms with Gasteiger partial charge in [0.1, 0.15) is 25.4 Å². The first-order chi connectivity index (χ1) is 38.6. The smallest absolute Gasteiger partial charge is 1.00 e. The summed E-state index contributed by atoms with van der Waals surface area (Å²) < 4.78 is 17.6. The van der Waals surface area contributed by atoms with E-state index in [1.54, 1.807) is 0 Å². The first-order valence-corrected chi connectivity index (χ1v) is 26.3. The largest absolute Gasteiger partial charge is 3.00 e. The summed E-state index contributed by atoms with van der Waals surface area (Å²) in [5, 5.41) is 8.89. The molecule has 3 aromatic heterocycles. The van der Waals surface area contributed by atoms with Crippen LogP contribution >= 0.6 is 0 Å². The molecular formula is C68H57I3MnN7O4. The van der Waals surface area contributed by atoms with Crippen molar-refractivity contribution >= 4 is 39.8 Å². The fourth-order valence-corrected chi connectivity index (χ4v) is 10.2. The van der Waals surface area contributed by atoms with Crippen molar-refractivity contribution in [1.29, 1.82) is 0 Å². The average Bonchev–Trinajstić information content (AvgIpc) is 3.30. The van der Waals surface area contributed by atoms with Gasteiger partial charge in [0.05, 0.1) is 47.4 Å².